The first kappa shape index (κ1) is 15.0. The predicted molar refractivity (Wildman–Crippen MR) is 87.2 cm³/mol. The Kier molecular flexibility index (Phi) is 4.71. The largest absolute Gasteiger partial charge is 0.453 e. The minimum absolute atomic E-state index is 0.370. The highest BCUT2D eigenvalue weighted by molar-refractivity contribution is 5.72. The van der Waals surface area contributed by atoms with Crippen LogP contribution in [0, 0.1) is 0 Å². The quantitative estimate of drug-likeness (QED) is 0.795. The molecule has 0 bridgehead atoms. The summed E-state index contributed by atoms with van der Waals surface area (Å²) in [5, 5.41) is 0. The van der Waals surface area contributed by atoms with E-state index >= 15 is 0 Å². The Morgan fingerprint density at radius 3 is 2.41 bits per heavy atom. The third-order valence-corrected chi connectivity index (χ3v) is 4.29. The highest BCUT2D eigenvalue weighted by Crippen LogP contribution is 2.22. The first-order valence-electron chi connectivity index (χ1n) is 7.80. The van der Waals surface area contributed by atoms with Gasteiger partial charge in [-0.15, -0.1) is 0 Å². The lowest BCUT2D eigenvalue weighted by Crippen LogP contribution is -2.45. The van der Waals surface area contributed by atoms with Crippen LogP contribution in [0.1, 0.15) is 16.1 Å². The van der Waals surface area contributed by atoms with Crippen molar-refractivity contribution in [3.63, 3.8) is 0 Å². The van der Waals surface area contributed by atoms with Gasteiger partial charge in [0.1, 0.15) is 5.76 Å². The summed E-state index contributed by atoms with van der Waals surface area (Å²) >= 11 is 0. The van der Waals surface area contributed by atoms with Crippen molar-refractivity contribution in [2.75, 3.05) is 39.8 Å². The molecule has 1 aliphatic rings. The number of carbonyl (C=O) groups is 1. The predicted octanol–water partition coefficient (Wildman–Crippen LogP) is 2.55. The molecule has 1 aromatic carbocycles. The fourth-order valence-corrected chi connectivity index (χ4v) is 2.77. The van der Waals surface area contributed by atoms with E-state index in [1.165, 1.54) is 5.56 Å². The molecule has 0 N–H and O–H groups in total. The van der Waals surface area contributed by atoms with Crippen LogP contribution < -0.4 is 0 Å². The zero-order valence-electron chi connectivity index (χ0n) is 13.0. The van der Waals surface area contributed by atoms with Gasteiger partial charge in [0.15, 0.2) is 12.0 Å². The molecule has 0 spiro atoms. The maximum absolute atomic E-state index is 10.7. The lowest BCUT2D eigenvalue weighted by atomic mass is 10.1. The summed E-state index contributed by atoms with van der Waals surface area (Å²) in [6.07, 6.45) is 1.80. The van der Waals surface area contributed by atoms with Crippen LogP contribution in [0.15, 0.2) is 40.8 Å². The summed E-state index contributed by atoms with van der Waals surface area (Å²) in [6.45, 7) is 5.77. The molecule has 0 radical (unpaired) electrons. The first-order valence-corrected chi connectivity index (χ1v) is 7.80. The fraction of sp³-hybridized carbons (Fsp3) is 0.389. The van der Waals surface area contributed by atoms with Crippen molar-refractivity contribution in [3.8, 4) is 11.3 Å². The van der Waals surface area contributed by atoms with Gasteiger partial charge >= 0.3 is 0 Å². The van der Waals surface area contributed by atoms with Crippen LogP contribution in [-0.4, -0.2) is 55.9 Å². The van der Waals surface area contributed by atoms with Gasteiger partial charge in [-0.1, -0.05) is 24.3 Å². The fourth-order valence-electron chi connectivity index (χ4n) is 2.77. The SMILES string of the molecule is CN1CCN(CCc2ccc(-c3ccc(C=O)o3)cc2)CC1. The summed E-state index contributed by atoms with van der Waals surface area (Å²) in [5.74, 6) is 1.11. The topological polar surface area (TPSA) is 36.7 Å². The van der Waals surface area contributed by atoms with E-state index in [0.717, 1.165) is 56.8 Å². The van der Waals surface area contributed by atoms with Crippen LogP contribution in [0.3, 0.4) is 0 Å². The standard InChI is InChI=1S/C18H22N2O2/c1-19-10-12-20(13-11-19)9-8-15-2-4-16(5-3-15)18-7-6-17(14-21)22-18/h2-7,14H,8-13H2,1H3. The number of hydrogen-bond acceptors (Lipinski definition) is 4. The van der Waals surface area contributed by atoms with E-state index in [1.54, 1.807) is 6.07 Å². The summed E-state index contributed by atoms with van der Waals surface area (Å²) in [6, 6.07) is 12.0. The molecule has 0 atom stereocenters. The van der Waals surface area contributed by atoms with Crippen LogP contribution in [-0.2, 0) is 6.42 Å². The molecule has 22 heavy (non-hydrogen) atoms. The van der Waals surface area contributed by atoms with Crippen molar-refractivity contribution in [3.05, 3.63) is 47.7 Å². The third-order valence-electron chi connectivity index (χ3n) is 4.29. The van der Waals surface area contributed by atoms with Crippen LogP contribution in [0.2, 0.25) is 0 Å². The van der Waals surface area contributed by atoms with Crippen LogP contribution >= 0.6 is 0 Å². The van der Waals surface area contributed by atoms with Gasteiger partial charge in [0.05, 0.1) is 0 Å². The molecule has 2 heterocycles. The number of carbonyl (C=O) groups excluding carboxylic acids is 1. The Labute approximate surface area is 131 Å². The van der Waals surface area contributed by atoms with Gasteiger partial charge in [-0.05, 0) is 31.2 Å². The average molecular weight is 298 g/mol. The average Bonchev–Trinajstić information content (AvgIpc) is 3.04. The van der Waals surface area contributed by atoms with E-state index < -0.39 is 0 Å². The monoisotopic (exact) mass is 298 g/mol. The van der Waals surface area contributed by atoms with Gasteiger partial charge in [0, 0.05) is 38.3 Å². The lowest BCUT2D eigenvalue weighted by Gasteiger charge is -2.32. The molecule has 0 saturated carbocycles. The lowest BCUT2D eigenvalue weighted by molar-refractivity contribution is 0.110. The minimum Gasteiger partial charge on any atom is -0.453 e. The minimum atomic E-state index is 0.370. The molecule has 2 aromatic rings. The van der Waals surface area contributed by atoms with Crippen LogP contribution in [0.4, 0.5) is 0 Å². The molecule has 116 valence electrons. The number of likely N-dealkylation sites (N-methyl/N-ethyl adjacent to an activating group) is 1. The molecule has 0 aliphatic carbocycles. The Balaban J connectivity index is 1.56. The van der Waals surface area contributed by atoms with Gasteiger partial charge in [-0.25, -0.2) is 0 Å². The highest BCUT2D eigenvalue weighted by atomic mass is 16.3. The van der Waals surface area contributed by atoms with Gasteiger partial charge in [0.2, 0.25) is 0 Å². The maximum Gasteiger partial charge on any atom is 0.185 e. The first-order chi connectivity index (χ1) is 10.7. The van der Waals surface area contributed by atoms with Crippen LogP contribution in [0.25, 0.3) is 11.3 Å². The molecule has 1 saturated heterocycles. The summed E-state index contributed by atoms with van der Waals surface area (Å²) in [5.41, 5.74) is 2.35. The second kappa shape index (κ2) is 6.90. The van der Waals surface area contributed by atoms with Gasteiger partial charge in [-0.3, -0.25) is 4.79 Å². The van der Waals surface area contributed by atoms with E-state index in [1.807, 2.05) is 6.07 Å². The molecule has 1 aliphatic heterocycles. The number of aldehydes is 1. The molecule has 3 rings (SSSR count). The maximum atomic E-state index is 10.7. The molecule has 1 aromatic heterocycles. The number of furan rings is 1. The van der Waals surface area contributed by atoms with Crippen molar-refractivity contribution >= 4 is 6.29 Å². The smallest absolute Gasteiger partial charge is 0.185 e. The molecule has 4 heteroatoms. The highest BCUT2D eigenvalue weighted by Gasteiger charge is 2.13. The number of benzene rings is 1. The summed E-state index contributed by atoms with van der Waals surface area (Å²) in [7, 11) is 2.18. The summed E-state index contributed by atoms with van der Waals surface area (Å²) in [4.78, 5) is 15.6. The molecule has 0 unspecified atom stereocenters. The van der Waals surface area contributed by atoms with Crippen molar-refractivity contribution in [2.24, 2.45) is 0 Å². The zero-order valence-corrected chi connectivity index (χ0v) is 13.0. The zero-order chi connectivity index (χ0) is 15.4. The Hall–Kier alpha value is -1.91. The van der Waals surface area contributed by atoms with Crippen molar-refractivity contribution < 1.29 is 9.21 Å². The number of piperazine rings is 1. The Morgan fingerprint density at radius 2 is 1.77 bits per heavy atom. The van der Waals surface area contributed by atoms with E-state index in [9.17, 15) is 4.79 Å². The van der Waals surface area contributed by atoms with Gasteiger partial charge in [0.25, 0.3) is 0 Å². The van der Waals surface area contributed by atoms with E-state index in [0.29, 0.717) is 5.76 Å². The Morgan fingerprint density at radius 1 is 1.05 bits per heavy atom. The van der Waals surface area contributed by atoms with Gasteiger partial charge < -0.3 is 14.2 Å². The normalized spacial score (nSPS) is 16.8. The number of hydrogen-bond donors (Lipinski definition) is 0. The van der Waals surface area contributed by atoms with Crippen molar-refractivity contribution in [1.82, 2.24) is 9.80 Å². The molecular formula is C18H22N2O2. The molecule has 4 nitrogen and oxygen atoms in total. The molecular weight excluding hydrogens is 276 g/mol. The molecule has 1 fully saturated rings. The van der Waals surface area contributed by atoms with E-state index in [4.69, 9.17) is 4.42 Å². The van der Waals surface area contributed by atoms with E-state index in [-0.39, 0.29) is 0 Å². The van der Waals surface area contributed by atoms with Crippen LogP contribution in [0.5, 0.6) is 0 Å². The van der Waals surface area contributed by atoms with Crippen molar-refractivity contribution in [2.45, 2.75) is 6.42 Å². The Bertz CT molecular complexity index is 610. The summed E-state index contributed by atoms with van der Waals surface area (Å²) < 4.78 is 5.44. The van der Waals surface area contributed by atoms with Crippen molar-refractivity contribution in [1.29, 1.82) is 0 Å². The number of rotatable bonds is 5. The third kappa shape index (κ3) is 3.64. The van der Waals surface area contributed by atoms with E-state index in [2.05, 4.69) is 41.1 Å². The molecule has 0 amide bonds. The number of nitrogens with zero attached hydrogens (tertiary/aromatic N) is 2. The van der Waals surface area contributed by atoms with Gasteiger partial charge in [-0.2, -0.15) is 0 Å². The second-order valence-electron chi connectivity index (χ2n) is 5.91. The second-order valence-corrected chi connectivity index (χ2v) is 5.91.